The molecule has 2 rings (SSSR count). The molecule has 5 heteroatoms. The molecule has 0 saturated heterocycles. The molecule has 0 spiro atoms. The first-order valence-electron chi connectivity index (χ1n) is 5.23. The number of halogens is 1. The summed E-state index contributed by atoms with van der Waals surface area (Å²) in [5.41, 5.74) is 7.01. The molecule has 0 radical (unpaired) electrons. The van der Waals surface area contributed by atoms with Crippen molar-refractivity contribution < 1.29 is 4.74 Å². The smallest absolute Gasteiger partial charge is 0.213 e. The van der Waals surface area contributed by atoms with E-state index in [1.807, 2.05) is 30.3 Å². The zero-order valence-electron chi connectivity index (χ0n) is 9.67. The normalized spacial score (nSPS) is 9.33. The fourth-order valence-electron chi connectivity index (χ4n) is 1.36. The highest BCUT2D eigenvalue weighted by Crippen LogP contribution is 2.09. The van der Waals surface area contributed by atoms with Crippen LogP contribution in [0.1, 0.15) is 11.1 Å². The van der Waals surface area contributed by atoms with Crippen LogP contribution in [0.25, 0.3) is 0 Å². The average Bonchev–Trinajstić information content (AvgIpc) is 2.38. The molecule has 0 atom stereocenters. The van der Waals surface area contributed by atoms with Gasteiger partial charge in [0.15, 0.2) is 0 Å². The Bertz CT molecular complexity index is 499. The van der Waals surface area contributed by atoms with Crippen LogP contribution in [0.15, 0.2) is 48.7 Å². The van der Waals surface area contributed by atoms with Crippen LogP contribution in [0, 0.1) is 5.41 Å². The minimum Gasteiger partial charge on any atom is -0.473 e. The summed E-state index contributed by atoms with van der Waals surface area (Å²) in [6, 6.07) is 13.3. The van der Waals surface area contributed by atoms with Crippen molar-refractivity contribution in [3.05, 3.63) is 59.8 Å². The molecule has 0 aliphatic rings. The summed E-state index contributed by atoms with van der Waals surface area (Å²) >= 11 is 0. The zero-order chi connectivity index (χ0) is 12.1. The predicted molar refractivity (Wildman–Crippen MR) is 73.3 cm³/mol. The number of amidine groups is 1. The van der Waals surface area contributed by atoms with Gasteiger partial charge in [-0.1, -0.05) is 30.3 Å². The monoisotopic (exact) mass is 263 g/mol. The van der Waals surface area contributed by atoms with Crippen LogP contribution in [0.5, 0.6) is 5.88 Å². The number of rotatable bonds is 4. The van der Waals surface area contributed by atoms with Crippen LogP contribution in [-0.4, -0.2) is 10.8 Å². The van der Waals surface area contributed by atoms with Crippen LogP contribution >= 0.6 is 12.4 Å². The Hall–Kier alpha value is -2.07. The number of nitrogen functional groups attached to an aromatic ring is 1. The van der Waals surface area contributed by atoms with Crippen molar-refractivity contribution in [2.75, 3.05) is 0 Å². The number of pyridine rings is 1. The number of nitrogens with two attached hydrogens (primary N) is 1. The second-order valence-electron chi connectivity index (χ2n) is 3.57. The number of nitrogens with one attached hydrogen (secondary N) is 1. The second kappa shape index (κ2) is 6.61. The van der Waals surface area contributed by atoms with Gasteiger partial charge in [0.25, 0.3) is 0 Å². The first-order chi connectivity index (χ1) is 8.25. The van der Waals surface area contributed by atoms with E-state index >= 15 is 0 Å². The van der Waals surface area contributed by atoms with E-state index in [9.17, 15) is 0 Å². The molecule has 0 saturated carbocycles. The maximum absolute atomic E-state index is 7.24. The highest BCUT2D eigenvalue weighted by atomic mass is 35.5. The van der Waals surface area contributed by atoms with E-state index in [0.717, 1.165) is 5.56 Å². The molecule has 18 heavy (non-hydrogen) atoms. The molecular formula is C13H14ClN3O. The third-order valence-corrected chi connectivity index (χ3v) is 2.28. The van der Waals surface area contributed by atoms with Crippen molar-refractivity contribution in [3.8, 4) is 5.88 Å². The van der Waals surface area contributed by atoms with Crippen LogP contribution in [-0.2, 0) is 6.61 Å². The summed E-state index contributed by atoms with van der Waals surface area (Å²) in [6.07, 6.45) is 1.53. The van der Waals surface area contributed by atoms with Crippen molar-refractivity contribution in [2.24, 2.45) is 5.73 Å². The highest BCUT2D eigenvalue weighted by molar-refractivity contribution is 5.94. The van der Waals surface area contributed by atoms with Gasteiger partial charge in [-0.15, -0.1) is 12.4 Å². The molecule has 94 valence electrons. The average molecular weight is 264 g/mol. The van der Waals surface area contributed by atoms with Crippen LogP contribution in [0.4, 0.5) is 0 Å². The quantitative estimate of drug-likeness (QED) is 0.657. The third-order valence-electron chi connectivity index (χ3n) is 2.28. The van der Waals surface area contributed by atoms with Crippen molar-refractivity contribution in [2.45, 2.75) is 6.61 Å². The molecular weight excluding hydrogens is 250 g/mol. The Morgan fingerprint density at radius 3 is 2.44 bits per heavy atom. The van der Waals surface area contributed by atoms with Crippen molar-refractivity contribution in [1.82, 2.24) is 4.98 Å². The lowest BCUT2D eigenvalue weighted by atomic mass is 10.2. The largest absolute Gasteiger partial charge is 0.473 e. The minimum absolute atomic E-state index is 0. The van der Waals surface area contributed by atoms with E-state index in [-0.39, 0.29) is 18.2 Å². The number of benzene rings is 1. The van der Waals surface area contributed by atoms with Gasteiger partial charge in [0.1, 0.15) is 12.4 Å². The number of aromatic nitrogens is 1. The molecule has 0 bridgehead atoms. The van der Waals surface area contributed by atoms with Crippen LogP contribution < -0.4 is 10.5 Å². The van der Waals surface area contributed by atoms with E-state index in [0.29, 0.717) is 18.1 Å². The molecule has 2 aromatic rings. The fourth-order valence-corrected chi connectivity index (χ4v) is 1.36. The van der Waals surface area contributed by atoms with Gasteiger partial charge < -0.3 is 10.5 Å². The van der Waals surface area contributed by atoms with E-state index in [2.05, 4.69) is 4.98 Å². The van der Waals surface area contributed by atoms with Gasteiger partial charge in [-0.3, -0.25) is 5.41 Å². The summed E-state index contributed by atoms with van der Waals surface area (Å²) in [6.45, 7) is 0.479. The lowest BCUT2D eigenvalue weighted by Crippen LogP contribution is -2.11. The first kappa shape index (κ1) is 14.0. The Kier molecular flexibility index (Phi) is 5.14. The number of ether oxygens (including phenoxy) is 1. The minimum atomic E-state index is 0. The third kappa shape index (κ3) is 3.75. The second-order valence-corrected chi connectivity index (χ2v) is 3.57. The number of hydrogen-bond donors (Lipinski definition) is 2. The zero-order valence-corrected chi connectivity index (χ0v) is 10.5. The van der Waals surface area contributed by atoms with Gasteiger partial charge in [-0.05, 0) is 11.6 Å². The Balaban J connectivity index is 0.00000162. The summed E-state index contributed by atoms with van der Waals surface area (Å²) in [4.78, 5) is 4.07. The van der Waals surface area contributed by atoms with E-state index in [1.54, 1.807) is 12.1 Å². The summed E-state index contributed by atoms with van der Waals surface area (Å²) in [7, 11) is 0. The summed E-state index contributed by atoms with van der Waals surface area (Å²) < 4.78 is 5.50. The maximum Gasteiger partial charge on any atom is 0.213 e. The lowest BCUT2D eigenvalue weighted by molar-refractivity contribution is 0.294. The van der Waals surface area contributed by atoms with Crippen molar-refractivity contribution in [3.63, 3.8) is 0 Å². The molecule has 1 aromatic carbocycles. The van der Waals surface area contributed by atoms with Gasteiger partial charge >= 0.3 is 0 Å². The molecule has 0 aliphatic heterocycles. The van der Waals surface area contributed by atoms with E-state index < -0.39 is 0 Å². The van der Waals surface area contributed by atoms with Gasteiger partial charge in [0, 0.05) is 17.8 Å². The SMILES string of the molecule is Cl.N=C(N)c1ccc(OCc2ccccc2)nc1. The first-order valence-corrected chi connectivity index (χ1v) is 5.23. The molecule has 3 N–H and O–H groups in total. The number of nitrogens with zero attached hydrogens (tertiary/aromatic N) is 1. The Morgan fingerprint density at radius 2 is 1.89 bits per heavy atom. The summed E-state index contributed by atoms with van der Waals surface area (Å²) in [5.74, 6) is 0.533. The fraction of sp³-hybridized carbons (Fsp3) is 0.0769. The molecule has 0 unspecified atom stereocenters. The Morgan fingerprint density at radius 1 is 1.17 bits per heavy atom. The van der Waals surface area contributed by atoms with E-state index in [4.69, 9.17) is 15.9 Å². The van der Waals surface area contributed by atoms with E-state index in [1.165, 1.54) is 6.20 Å². The van der Waals surface area contributed by atoms with Crippen LogP contribution in [0.2, 0.25) is 0 Å². The lowest BCUT2D eigenvalue weighted by Gasteiger charge is -2.05. The molecule has 0 amide bonds. The highest BCUT2D eigenvalue weighted by Gasteiger charge is 1.99. The summed E-state index contributed by atoms with van der Waals surface area (Å²) in [5, 5.41) is 7.24. The molecule has 1 aromatic heterocycles. The van der Waals surface area contributed by atoms with Crippen molar-refractivity contribution in [1.29, 1.82) is 5.41 Å². The molecule has 1 heterocycles. The van der Waals surface area contributed by atoms with Gasteiger partial charge in [-0.2, -0.15) is 0 Å². The number of hydrogen-bond acceptors (Lipinski definition) is 3. The van der Waals surface area contributed by atoms with Gasteiger partial charge in [0.05, 0.1) is 0 Å². The van der Waals surface area contributed by atoms with Crippen LogP contribution in [0.3, 0.4) is 0 Å². The molecule has 0 aliphatic carbocycles. The topological polar surface area (TPSA) is 72.0 Å². The predicted octanol–water partition coefficient (Wildman–Crippen LogP) is 2.37. The molecule has 4 nitrogen and oxygen atoms in total. The maximum atomic E-state index is 7.24. The standard InChI is InChI=1S/C13H13N3O.ClH/c14-13(15)11-6-7-12(16-8-11)17-9-10-4-2-1-3-5-10;/h1-8H,9H2,(H3,14,15);1H. The molecule has 0 fully saturated rings. The van der Waals surface area contributed by atoms with Gasteiger partial charge in [0.2, 0.25) is 5.88 Å². The van der Waals surface area contributed by atoms with Gasteiger partial charge in [-0.25, -0.2) is 4.98 Å². The van der Waals surface area contributed by atoms with Crippen molar-refractivity contribution >= 4 is 18.2 Å². The Labute approximate surface area is 112 Å².